The molecule has 166 valence electrons. The summed E-state index contributed by atoms with van der Waals surface area (Å²) in [7, 11) is -2.23. The van der Waals surface area contributed by atoms with Gasteiger partial charge in [-0.3, -0.25) is 9.83 Å². The summed E-state index contributed by atoms with van der Waals surface area (Å²) in [4.78, 5) is 8.35. The van der Waals surface area contributed by atoms with Gasteiger partial charge in [-0.1, -0.05) is 63.2 Å². The van der Waals surface area contributed by atoms with Gasteiger partial charge in [-0.15, -0.1) is 0 Å². The Morgan fingerprint density at radius 2 is 1.59 bits per heavy atom. The Labute approximate surface area is 193 Å². The third-order valence-electron chi connectivity index (χ3n) is 6.14. The van der Waals surface area contributed by atoms with Crippen molar-refractivity contribution in [1.82, 2.24) is 4.98 Å². The van der Waals surface area contributed by atoms with E-state index in [-0.39, 0.29) is 5.04 Å². The van der Waals surface area contributed by atoms with Crippen LogP contribution in [0.2, 0.25) is 18.1 Å². The van der Waals surface area contributed by atoms with Crippen LogP contribution in [0.4, 0.5) is 0 Å². The second-order valence-corrected chi connectivity index (χ2v) is 14.3. The Bertz CT molecular complexity index is 1040. The molecule has 0 aliphatic carbocycles. The molecule has 0 amide bonds. The SMILES string of the molecule is [C-]#[N+]C(Cc1ccc(OCc2ccccc2)cc1)(O[Si](C)(C)C(C)(C)C)c1cccnc1. The Morgan fingerprint density at radius 1 is 0.906 bits per heavy atom. The summed E-state index contributed by atoms with van der Waals surface area (Å²) in [5.74, 6) is 0.803. The molecule has 0 fully saturated rings. The van der Waals surface area contributed by atoms with Crippen LogP contribution in [0.3, 0.4) is 0 Å². The zero-order valence-electron chi connectivity index (χ0n) is 19.6. The molecule has 0 saturated heterocycles. The van der Waals surface area contributed by atoms with E-state index < -0.39 is 14.0 Å². The van der Waals surface area contributed by atoms with E-state index in [0.29, 0.717) is 13.0 Å². The standard InChI is InChI=1S/C27H32N2O2Si/c1-26(2,3)32(5,6)31-27(28-4,24-13-10-18-29-20-24)19-22-14-16-25(17-15-22)30-21-23-11-8-7-9-12-23/h7-18,20H,19,21H2,1-3,5-6H3. The van der Waals surface area contributed by atoms with Gasteiger partial charge in [0.25, 0.3) is 0 Å². The molecule has 1 atom stereocenters. The first kappa shape index (κ1) is 23.7. The summed E-state index contributed by atoms with van der Waals surface area (Å²) in [5, 5.41) is -0.0136. The first-order chi connectivity index (χ1) is 15.2. The van der Waals surface area contributed by atoms with Gasteiger partial charge in [-0.25, -0.2) is 6.57 Å². The molecule has 5 heteroatoms. The Morgan fingerprint density at radius 3 is 2.16 bits per heavy atom. The number of hydrogen-bond acceptors (Lipinski definition) is 3. The molecule has 0 radical (unpaired) electrons. The third-order valence-corrected chi connectivity index (χ3v) is 10.6. The van der Waals surface area contributed by atoms with Crippen LogP contribution in [0, 0.1) is 6.57 Å². The molecule has 3 rings (SSSR count). The van der Waals surface area contributed by atoms with Crippen LogP contribution in [-0.2, 0) is 23.2 Å². The molecule has 0 saturated carbocycles. The van der Waals surface area contributed by atoms with Gasteiger partial charge in [0.1, 0.15) is 12.4 Å². The van der Waals surface area contributed by atoms with Crippen LogP contribution in [0.5, 0.6) is 5.75 Å². The summed E-state index contributed by atoms with van der Waals surface area (Å²) < 4.78 is 12.7. The maximum Gasteiger partial charge on any atom is 0.360 e. The van der Waals surface area contributed by atoms with Crippen molar-refractivity contribution < 1.29 is 9.16 Å². The lowest BCUT2D eigenvalue weighted by Gasteiger charge is -2.40. The van der Waals surface area contributed by atoms with Crippen molar-refractivity contribution >= 4 is 8.32 Å². The molecule has 1 aromatic heterocycles. The fourth-order valence-corrected chi connectivity index (χ4v) is 4.60. The number of ether oxygens (including phenoxy) is 1. The molecule has 0 aliphatic rings. The third kappa shape index (κ3) is 5.64. The van der Waals surface area contributed by atoms with Crippen molar-refractivity contribution in [2.45, 2.75) is 57.7 Å². The first-order valence-corrected chi connectivity index (χ1v) is 13.8. The highest BCUT2D eigenvalue weighted by Gasteiger charge is 2.50. The molecule has 1 heterocycles. The van der Waals surface area contributed by atoms with Crippen molar-refractivity contribution in [3.05, 3.63) is 107 Å². The van der Waals surface area contributed by atoms with Crippen molar-refractivity contribution in [3.8, 4) is 5.75 Å². The van der Waals surface area contributed by atoms with E-state index in [0.717, 1.165) is 22.4 Å². The zero-order chi connectivity index (χ0) is 23.2. The topological polar surface area (TPSA) is 35.7 Å². The Balaban J connectivity index is 1.84. The highest BCUT2D eigenvalue weighted by Crippen LogP contribution is 2.43. The minimum atomic E-state index is -2.23. The maximum atomic E-state index is 8.15. The van der Waals surface area contributed by atoms with Crippen LogP contribution < -0.4 is 4.74 Å². The van der Waals surface area contributed by atoms with Gasteiger partial charge in [-0.05, 0) is 53.5 Å². The van der Waals surface area contributed by atoms with Crippen LogP contribution >= 0.6 is 0 Å². The molecule has 1 unspecified atom stereocenters. The summed E-state index contributed by atoms with van der Waals surface area (Å²) in [5.41, 5.74) is 1.84. The minimum Gasteiger partial charge on any atom is -0.489 e. The monoisotopic (exact) mass is 444 g/mol. The van der Waals surface area contributed by atoms with E-state index in [4.69, 9.17) is 15.7 Å². The summed E-state index contributed by atoms with van der Waals surface area (Å²) >= 11 is 0. The molecule has 0 aliphatic heterocycles. The van der Waals surface area contributed by atoms with E-state index in [1.54, 1.807) is 12.4 Å². The van der Waals surface area contributed by atoms with E-state index in [1.807, 2.05) is 66.7 Å². The summed E-state index contributed by atoms with van der Waals surface area (Å²) in [6, 6.07) is 21.9. The minimum absolute atomic E-state index is 0.0136. The van der Waals surface area contributed by atoms with Crippen molar-refractivity contribution in [1.29, 1.82) is 0 Å². The average Bonchev–Trinajstić information content (AvgIpc) is 2.78. The molecule has 4 nitrogen and oxygen atoms in total. The number of nitrogens with zero attached hydrogens (tertiary/aromatic N) is 2. The number of hydrogen-bond donors (Lipinski definition) is 0. The highest BCUT2D eigenvalue weighted by molar-refractivity contribution is 6.74. The molecule has 2 aromatic carbocycles. The molecular weight excluding hydrogens is 412 g/mol. The highest BCUT2D eigenvalue weighted by atomic mass is 28.4. The van der Waals surface area contributed by atoms with Crippen molar-refractivity contribution in [3.63, 3.8) is 0 Å². The van der Waals surface area contributed by atoms with Gasteiger partial charge in [0, 0.05) is 12.4 Å². The number of rotatable bonds is 8. The van der Waals surface area contributed by atoms with Crippen molar-refractivity contribution in [2.75, 3.05) is 0 Å². The molecular formula is C27H32N2O2Si. The Kier molecular flexibility index (Phi) is 7.18. The molecule has 32 heavy (non-hydrogen) atoms. The van der Waals surface area contributed by atoms with Crippen LogP contribution in [0.15, 0.2) is 79.1 Å². The molecule has 3 aromatic rings. The lowest BCUT2D eigenvalue weighted by atomic mass is 9.97. The van der Waals surface area contributed by atoms with Crippen LogP contribution in [-0.4, -0.2) is 13.3 Å². The largest absolute Gasteiger partial charge is 0.489 e. The van der Waals surface area contributed by atoms with Crippen LogP contribution in [0.1, 0.15) is 37.5 Å². The lowest BCUT2D eigenvalue weighted by Crippen LogP contribution is -2.48. The average molecular weight is 445 g/mol. The van der Waals surface area contributed by atoms with Gasteiger partial charge in [0.15, 0.2) is 0 Å². The summed E-state index contributed by atoms with van der Waals surface area (Å²) in [6.45, 7) is 19.6. The van der Waals surface area contributed by atoms with E-state index >= 15 is 0 Å². The van der Waals surface area contributed by atoms with Gasteiger partial charge >= 0.3 is 5.72 Å². The van der Waals surface area contributed by atoms with Gasteiger partial charge in [0.2, 0.25) is 8.32 Å². The van der Waals surface area contributed by atoms with E-state index in [9.17, 15) is 0 Å². The Hall–Kier alpha value is -2.94. The number of benzene rings is 2. The van der Waals surface area contributed by atoms with E-state index in [1.165, 1.54) is 0 Å². The predicted molar refractivity (Wildman–Crippen MR) is 132 cm³/mol. The van der Waals surface area contributed by atoms with Crippen LogP contribution in [0.25, 0.3) is 4.85 Å². The smallest absolute Gasteiger partial charge is 0.360 e. The quantitative estimate of drug-likeness (QED) is 0.277. The predicted octanol–water partition coefficient (Wildman–Crippen LogP) is 7.00. The van der Waals surface area contributed by atoms with E-state index in [2.05, 4.69) is 43.7 Å². The first-order valence-electron chi connectivity index (χ1n) is 10.9. The molecule has 0 spiro atoms. The number of pyridine rings is 1. The molecule has 0 bridgehead atoms. The molecule has 0 N–H and O–H groups in total. The number of aromatic nitrogens is 1. The normalized spacial score (nSPS) is 13.8. The second kappa shape index (κ2) is 9.68. The van der Waals surface area contributed by atoms with Gasteiger partial charge in [0.05, 0.1) is 12.0 Å². The van der Waals surface area contributed by atoms with Gasteiger partial charge in [-0.2, -0.15) is 0 Å². The van der Waals surface area contributed by atoms with Gasteiger partial charge < -0.3 is 9.16 Å². The fourth-order valence-electron chi connectivity index (χ4n) is 3.21. The van der Waals surface area contributed by atoms with Crippen molar-refractivity contribution in [2.24, 2.45) is 0 Å². The summed E-state index contributed by atoms with van der Waals surface area (Å²) in [6.07, 6.45) is 3.93. The fraction of sp³-hybridized carbons (Fsp3) is 0.333. The second-order valence-electron chi connectivity index (χ2n) is 9.60. The zero-order valence-corrected chi connectivity index (χ0v) is 20.6. The lowest BCUT2D eigenvalue weighted by molar-refractivity contribution is 0.0977. The maximum absolute atomic E-state index is 8.15.